The third-order valence-corrected chi connectivity index (χ3v) is 3.55. The number of nitrogens with zero attached hydrogens (tertiary/aromatic N) is 2. The standard InChI is InChI=1S/C16H23N3/c1-13(2)11-19(12-15-4-3-9-18-15)16-7-5-14(10-17)6-8-16/h5-8,13,15,18H,3-4,9,11-12H2,1-2H3. The molecular weight excluding hydrogens is 234 g/mol. The highest BCUT2D eigenvalue weighted by molar-refractivity contribution is 5.50. The highest BCUT2D eigenvalue weighted by atomic mass is 15.2. The van der Waals surface area contributed by atoms with E-state index >= 15 is 0 Å². The topological polar surface area (TPSA) is 39.1 Å². The molecule has 3 heteroatoms. The van der Waals surface area contributed by atoms with Gasteiger partial charge in [-0.2, -0.15) is 5.26 Å². The maximum absolute atomic E-state index is 8.87. The van der Waals surface area contributed by atoms with Crippen molar-refractivity contribution in [3.8, 4) is 6.07 Å². The minimum Gasteiger partial charge on any atom is -0.370 e. The Balaban J connectivity index is 2.08. The zero-order valence-electron chi connectivity index (χ0n) is 11.9. The first kappa shape index (κ1) is 13.9. The van der Waals surface area contributed by atoms with Crippen LogP contribution in [0.3, 0.4) is 0 Å². The van der Waals surface area contributed by atoms with Crippen molar-refractivity contribution in [3.05, 3.63) is 29.8 Å². The lowest BCUT2D eigenvalue weighted by Gasteiger charge is -2.29. The lowest BCUT2D eigenvalue weighted by Crippen LogP contribution is -2.39. The van der Waals surface area contributed by atoms with Crippen molar-refractivity contribution >= 4 is 5.69 Å². The van der Waals surface area contributed by atoms with Gasteiger partial charge in [0.1, 0.15) is 0 Å². The van der Waals surface area contributed by atoms with E-state index in [9.17, 15) is 0 Å². The van der Waals surface area contributed by atoms with Gasteiger partial charge in [0.05, 0.1) is 11.6 Å². The Morgan fingerprint density at radius 3 is 2.63 bits per heavy atom. The predicted octanol–water partition coefficient (Wildman–Crippen LogP) is 2.77. The zero-order valence-corrected chi connectivity index (χ0v) is 11.9. The molecule has 1 aliphatic rings. The Bertz CT molecular complexity index is 424. The van der Waals surface area contributed by atoms with Crippen molar-refractivity contribution in [3.63, 3.8) is 0 Å². The number of nitriles is 1. The third-order valence-electron chi connectivity index (χ3n) is 3.55. The zero-order chi connectivity index (χ0) is 13.7. The molecule has 1 aromatic rings. The summed E-state index contributed by atoms with van der Waals surface area (Å²) in [6, 6.07) is 10.7. The number of benzene rings is 1. The maximum Gasteiger partial charge on any atom is 0.0991 e. The van der Waals surface area contributed by atoms with Gasteiger partial charge in [0.2, 0.25) is 0 Å². The number of hydrogen-bond donors (Lipinski definition) is 1. The van der Waals surface area contributed by atoms with Gasteiger partial charge in [-0.15, -0.1) is 0 Å². The molecule has 1 saturated heterocycles. The van der Waals surface area contributed by atoms with Crippen LogP contribution in [-0.2, 0) is 0 Å². The number of rotatable bonds is 5. The molecule has 0 aliphatic carbocycles. The quantitative estimate of drug-likeness (QED) is 0.881. The summed E-state index contributed by atoms with van der Waals surface area (Å²) in [6.07, 6.45) is 2.55. The van der Waals surface area contributed by atoms with Gasteiger partial charge < -0.3 is 10.2 Å². The predicted molar refractivity (Wildman–Crippen MR) is 79.2 cm³/mol. The van der Waals surface area contributed by atoms with Crippen LogP contribution >= 0.6 is 0 Å². The second-order valence-electron chi connectivity index (χ2n) is 5.75. The second-order valence-corrected chi connectivity index (χ2v) is 5.75. The molecule has 1 atom stereocenters. The van der Waals surface area contributed by atoms with E-state index in [2.05, 4.69) is 42.3 Å². The minimum absolute atomic E-state index is 0.606. The smallest absolute Gasteiger partial charge is 0.0991 e. The van der Waals surface area contributed by atoms with Gasteiger partial charge in [0, 0.05) is 24.8 Å². The lowest BCUT2D eigenvalue weighted by atomic mass is 10.1. The highest BCUT2D eigenvalue weighted by Gasteiger charge is 2.18. The lowest BCUT2D eigenvalue weighted by molar-refractivity contribution is 0.541. The van der Waals surface area contributed by atoms with Crippen molar-refractivity contribution in [1.29, 1.82) is 5.26 Å². The minimum atomic E-state index is 0.606. The Hall–Kier alpha value is -1.53. The fraction of sp³-hybridized carbons (Fsp3) is 0.562. The number of nitrogens with one attached hydrogen (secondary N) is 1. The summed E-state index contributed by atoms with van der Waals surface area (Å²) >= 11 is 0. The average Bonchev–Trinajstić information content (AvgIpc) is 2.90. The first-order valence-corrected chi connectivity index (χ1v) is 7.17. The van der Waals surface area contributed by atoms with E-state index in [1.165, 1.54) is 18.5 Å². The normalized spacial score (nSPS) is 18.5. The molecule has 1 heterocycles. The van der Waals surface area contributed by atoms with Gasteiger partial charge in [0.25, 0.3) is 0 Å². The largest absolute Gasteiger partial charge is 0.370 e. The van der Waals surface area contributed by atoms with Gasteiger partial charge >= 0.3 is 0 Å². The molecule has 1 unspecified atom stereocenters. The first-order valence-electron chi connectivity index (χ1n) is 7.17. The van der Waals surface area contributed by atoms with Crippen molar-refractivity contribution in [2.75, 3.05) is 24.5 Å². The van der Waals surface area contributed by atoms with Crippen LogP contribution in [0.15, 0.2) is 24.3 Å². The summed E-state index contributed by atoms with van der Waals surface area (Å²) in [4.78, 5) is 2.44. The molecule has 1 fully saturated rings. The van der Waals surface area contributed by atoms with E-state index < -0.39 is 0 Å². The molecular formula is C16H23N3. The molecule has 2 rings (SSSR count). The molecule has 1 aromatic carbocycles. The number of anilines is 1. The van der Waals surface area contributed by atoms with Crippen LogP contribution in [0.5, 0.6) is 0 Å². The van der Waals surface area contributed by atoms with Crippen LogP contribution < -0.4 is 10.2 Å². The number of hydrogen-bond acceptors (Lipinski definition) is 3. The molecule has 1 aliphatic heterocycles. The molecule has 0 saturated carbocycles. The Morgan fingerprint density at radius 1 is 1.37 bits per heavy atom. The van der Waals surface area contributed by atoms with Crippen molar-refractivity contribution in [1.82, 2.24) is 5.32 Å². The van der Waals surface area contributed by atoms with E-state index in [1.807, 2.05) is 12.1 Å². The molecule has 3 nitrogen and oxygen atoms in total. The summed E-state index contributed by atoms with van der Waals surface area (Å²) in [5.74, 6) is 0.636. The van der Waals surface area contributed by atoms with Crippen LogP contribution in [0.4, 0.5) is 5.69 Å². The van der Waals surface area contributed by atoms with Crippen LogP contribution in [0, 0.1) is 17.2 Å². The van der Waals surface area contributed by atoms with Crippen molar-refractivity contribution < 1.29 is 0 Å². The molecule has 0 radical (unpaired) electrons. The fourth-order valence-corrected chi connectivity index (χ4v) is 2.65. The average molecular weight is 257 g/mol. The molecule has 1 N–H and O–H groups in total. The summed E-state index contributed by atoms with van der Waals surface area (Å²) in [6.45, 7) is 7.76. The monoisotopic (exact) mass is 257 g/mol. The molecule has 0 bridgehead atoms. The molecule has 19 heavy (non-hydrogen) atoms. The fourth-order valence-electron chi connectivity index (χ4n) is 2.65. The van der Waals surface area contributed by atoms with E-state index in [-0.39, 0.29) is 0 Å². The summed E-state index contributed by atoms with van der Waals surface area (Å²) in [5.41, 5.74) is 1.95. The summed E-state index contributed by atoms with van der Waals surface area (Å²) in [5, 5.41) is 12.4. The van der Waals surface area contributed by atoms with Gasteiger partial charge in [-0.25, -0.2) is 0 Å². The third kappa shape index (κ3) is 3.97. The van der Waals surface area contributed by atoms with E-state index in [0.29, 0.717) is 12.0 Å². The van der Waals surface area contributed by atoms with Gasteiger partial charge in [-0.1, -0.05) is 13.8 Å². The van der Waals surface area contributed by atoms with Crippen LogP contribution in [0.1, 0.15) is 32.3 Å². The summed E-state index contributed by atoms with van der Waals surface area (Å²) < 4.78 is 0. The van der Waals surface area contributed by atoms with Crippen LogP contribution in [-0.4, -0.2) is 25.7 Å². The highest BCUT2D eigenvalue weighted by Crippen LogP contribution is 2.19. The van der Waals surface area contributed by atoms with E-state index in [4.69, 9.17) is 5.26 Å². The SMILES string of the molecule is CC(C)CN(CC1CCCN1)c1ccc(C#N)cc1. The Morgan fingerprint density at radius 2 is 2.11 bits per heavy atom. The van der Waals surface area contributed by atoms with Gasteiger partial charge in [-0.3, -0.25) is 0 Å². The molecule has 0 spiro atoms. The van der Waals surface area contributed by atoms with Crippen LogP contribution in [0.2, 0.25) is 0 Å². The summed E-state index contributed by atoms with van der Waals surface area (Å²) in [7, 11) is 0. The van der Waals surface area contributed by atoms with E-state index in [1.54, 1.807) is 0 Å². The van der Waals surface area contributed by atoms with Crippen molar-refractivity contribution in [2.45, 2.75) is 32.7 Å². The second kappa shape index (κ2) is 6.58. The van der Waals surface area contributed by atoms with Crippen LogP contribution in [0.25, 0.3) is 0 Å². The molecule has 0 aromatic heterocycles. The molecule has 0 amide bonds. The Kier molecular flexibility index (Phi) is 4.81. The van der Waals surface area contributed by atoms with Crippen molar-refractivity contribution in [2.24, 2.45) is 5.92 Å². The Labute approximate surface area is 116 Å². The van der Waals surface area contributed by atoms with Gasteiger partial charge in [-0.05, 0) is 49.6 Å². The first-order chi connectivity index (χ1) is 9.19. The maximum atomic E-state index is 8.87. The van der Waals surface area contributed by atoms with E-state index in [0.717, 1.165) is 25.2 Å². The van der Waals surface area contributed by atoms with Gasteiger partial charge in [0.15, 0.2) is 0 Å². The molecule has 102 valence electrons.